The minimum atomic E-state index is -1.07. The molecule has 0 bridgehead atoms. The molecule has 5 heteroatoms. The number of nitrogens with two attached hydrogens (primary N) is 1. The molecule has 0 saturated heterocycles. The van der Waals surface area contributed by atoms with E-state index in [1.807, 2.05) is 20.8 Å². The molecule has 5 nitrogen and oxygen atoms in total. The highest BCUT2D eigenvalue weighted by Crippen LogP contribution is 2.31. The zero-order valence-corrected chi connectivity index (χ0v) is 12.2. The van der Waals surface area contributed by atoms with Crippen LogP contribution in [0.3, 0.4) is 0 Å². The van der Waals surface area contributed by atoms with E-state index in [2.05, 4.69) is 5.32 Å². The van der Waals surface area contributed by atoms with Crippen LogP contribution in [0.15, 0.2) is 0 Å². The van der Waals surface area contributed by atoms with Gasteiger partial charge in [-0.3, -0.25) is 4.79 Å². The summed E-state index contributed by atoms with van der Waals surface area (Å²) < 4.78 is 0. The monoisotopic (exact) mass is 270 g/mol. The van der Waals surface area contributed by atoms with E-state index in [0.29, 0.717) is 19.3 Å². The largest absolute Gasteiger partial charge is 0.480 e. The van der Waals surface area contributed by atoms with E-state index < -0.39 is 11.5 Å². The van der Waals surface area contributed by atoms with Gasteiger partial charge in [0.05, 0.1) is 5.92 Å². The van der Waals surface area contributed by atoms with Crippen LogP contribution in [0.25, 0.3) is 0 Å². The molecule has 0 spiro atoms. The van der Waals surface area contributed by atoms with Gasteiger partial charge in [0.1, 0.15) is 5.54 Å². The van der Waals surface area contributed by atoms with Crippen LogP contribution in [-0.4, -0.2) is 29.1 Å². The van der Waals surface area contributed by atoms with Crippen molar-refractivity contribution < 1.29 is 14.7 Å². The quantitative estimate of drug-likeness (QED) is 0.706. The zero-order chi connectivity index (χ0) is 14.7. The van der Waals surface area contributed by atoms with Crippen molar-refractivity contribution in [3.63, 3.8) is 0 Å². The van der Waals surface area contributed by atoms with Gasteiger partial charge < -0.3 is 16.2 Å². The van der Waals surface area contributed by atoms with Gasteiger partial charge >= 0.3 is 5.97 Å². The summed E-state index contributed by atoms with van der Waals surface area (Å²) in [5, 5.41) is 12.1. The summed E-state index contributed by atoms with van der Waals surface area (Å²) in [4.78, 5) is 23.7. The lowest BCUT2D eigenvalue weighted by molar-refractivity contribution is -0.148. The van der Waals surface area contributed by atoms with Gasteiger partial charge in [-0.05, 0) is 24.7 Å². The van der Waals surface area contributed by atoms with Gasteiger partial charge in [-0.1, -0.05) is 33.6 Å². The molecule has 0 aromatic heterocycles. The lowest BCUT2D eigenvalue weighted by atomic mass is 9.83. The maximum Gasteiger partial charge on any atom is 0.329 e. The molecule has 0 aliphatic heterocycles. The van der Waals surface area contributed by atoms with Crippen molar-refractivity contribution >= 4 is 11.9 Å². The SMILES string of the molecule is CC(C)(C)CC(CN)C(=O)NC1(C(=O)O)CCCC1. The maximum atomic E-state index is 12.3. The third-order valence-corrected chi connectivity index (χ3v) is 3.74. The van der Waals surface area contributed by atoms with Gasteiger partial charge in [0.2, 0.25) is 5.91 Å². The first kappa shape index (κ1) is 16.0. The van der Waals surface area contributed by atoms with E-state index in [4.69, 9.17) is 5.73 Å². The first-order valence-corrected chi connectivity index (χ1v) is 6.96. The standard InChI is InChI=1S/C14H26N2O3/c1-13(2,3)8-10(9-15)11(17)16-14(12(18)19)6-4-5-7-14/h10H,4-9,15H2,1-3H3,(H,16,17)(H,18,19). The van der Waals surface area contributed by atoms with E-state index in [-0.39, 0.29) is 23.8 Å². The Morgan fingerprint density at radius 3 is 2.21 bits per heavy atom. The second-order valence-electron chi connectivity index (χ2n) is 6.78. The maximum absolute atomic E-state index is 12.3. The molecule has 1 atom stereocenters. The van der Waals surface area contributed by atoms with Gasteiger partial charge in [-0.15, -0.1) is 0 Å². The second-order valence-corrected chi connectivity index (χ2v) is 6.78. The molecule has 4 N–H and O–H groups in total. The molecular formula is C14H26N2O3. The lowest BCUT2D eigenvalue weighted by Gasteiger charge is -2.30. The van der Waals surface area contributed by atoms with E-state index in [9.17, 15) is 14.7 Å². The highest BCUT2D eigenvalue weighted by Gasteiger charge is 2.43. The van der Waals surface area contributed by atoms with Crippen molar-refractivity contribution in [1.82, 2.24) is 5.32 Å². The average Bonchev–Trinajstić information content (AvgIpc) is 2.74. The molecule has 19 heavy (non-hydrogen) atoms. The minimum Gasteiger partial charge on any atom is -0.480 e. The van der Waals surface area contributed by atoms with Crippen LogP contribution in [0.4, 0.5) is 0 Å². The van der Waals surface area contributed by atoms with Gasteiger partial charge in [0, 0.05) is 6.54 Å². The Morgan fingerprint density at radius 1 is 1.32 bits per heavy atom. The van der Waals surface area contributed by atoms with E-state index in [0.717, 1.165) is 12.8 Å². The Hall–Kier alpha value is -1.10. The molecular weight excluding hydrogens is 244 g/mol. The third-order valence-electron chi connectivity index (χ3n) is 3.74. The van der Waals surface area contributed by atoms with Crippen molar-refractivity contribution in [2.24, 2.45) is 17.1 Å². The number of carbonyl (C=O) groups excluding carboxylic acids is 1. The van der Waals surface area contributed by atoms with Gasteiger partial charge in [0.15, 0.2) is 0 Å². The number of aliphatic carboxylic acids is 1. The molecule has 110 valence electrons. The molecule has 0 radical (unpaired) electrons. The summed E-state index contributed by atoms with van der Waals surface area (Å²) >= 11 is 0. The molecule has 1 saturated carbocycles. The molecule has 1 unspecified atom stereocenters. The first-order valence-electron chi connectivity index (χ1n) is 6.96. The molecule has 1 aliphatic rings. The Balaban J connectivity index is 2.73. The van der Waals surface area contributed by atoms with Crippen LogP contribution in [0, 0.1) is 11.3 Å². The molecule has 0 aromatic carbocycles. The number of carbonyl (C=O) groups is 2. The fourth-order valence-corrected chi connectivity index (χ4v) is 2.73. The van der Waals surface area contributed by atoms with Crippen molar-refractivity contribution in [2.45, 2.75) is 58.4 Å². The fraction of sp³-hybridized carbons (Fsp3) is 0.857. The van der Waals surface area contributed by atoms with Crippen molar-refractivity contribution in [3.8, 4) is 0 Å². The van der Waals surface area contributed by atoms with Crippen LogP contribution in [0.1, 0.15) is 52.9 Å². The zero-order valence-electron chi connectivity index (χ0n) is 12.2. The van der Waals surface area contributed by atoms with Crippen LogP contribution < -0.4 is 11.1 Å². The number of carboxylic acid groups (broad SMARTS) is 1. The fourth-order valence-electron chi connectivity index (χ4n) is 2.73. The summed E-state index contributed by atoms with van der Waals surface area (Å²) in [6.45, 7) is 6.39. The van der Waals surface area contributed by atoms with Crippen LogP contribution in [0.2, 0.25) is 0 Å². The normalized spacial score (nSPS) is 20.0. The predicted octanol–water partition coefficient (Wildman–Crippen LogP) is 1.51. The molecule has 1 fully saturated rings. The minimum absolute atomic E-state index is 0.00651. The van der Waals surface area contributed by atoms with Gasteiger partial charge in [-0.2, -0.15) is 0 Å². The molecule has 0 heterocycles. The summed E-state index contributed by atoms with van der Waals surface area (Å²) in [6.07, 6.45) is 3.38. The Bertz CT molecular complexity index is 341. The van der Waals surface area contributed by atoms with E-state index in [1.165, 1.54) is 0 Å². The third kappa shape index (κ3) is 4.20. The molecule has 1 aliphatic carbocycles. The van der Waals surface area contributed by atoms with Crippen molar-refractivity contribution in [1.29, 1.82) is 0 Å². The second kappa shape index (κ2) is 5.90. The number of carboxylic acids is 1. The molecule has 0 aromatic rings. The van der Waals surface area contributed by atoms with E-state index in [1.54, 1.807) is 0 Å². The highest BCUT2D eigenvalue weighted by molar-refractivity contribution is 5.88. The predicted molar refractivity (Wildman–Crippen MR) is 73.6 cm³/mol. The summed E-state index contributed by atoms with van der Waals surface area (Å²) in [6, 6.07) is 0. The van der Waals surface area contributed by atoms with Crippen LogP contribution >= 0.6 is 0 Å². The van der Waals surface area contributed by atoms with Gasteiger partial charge in [0.25, 0.3) is 0 Å². The summed E-state index contributed by atoms with van der Waals surface area (Å²) in [7, 11) is 0. The number of nitrogens with one attached hydrogen (secondary N) is 1. The Morgan fingerprint density at radius 2 is 1.84 bits per heavy atom. The smallest absolute Gasteiger partial charge is 0.329 e. The van der Waals surface area contributed by atoms with Crippen LogP contribution in [-0.2, 0) is 9.59 Å². The number of rotatable bonds is 5. The van der Waals surface area contributed by atoms with E-state index >= 15 is 0 Å². The van der Waals surface area contributed by atoms with Crippen molar-refractivity contribution in [2.75, 3.05) is 6.54 Å². The Kier molecular flexibility index (Phi) is 4.96. The first-order chi connectivity index (χ1) is 8.70. The van der Waals surface area contributed by atoms with Crippen molar-refractivity contribution in [3.05, 3.63) is 0 Å². The topological polar surface area (TPSA) is 92.4 Å². The highest BCUT2D eigenvalue weighted by atomic mass is 16.4. The summed E-state index contributed by atoms with van der Waals surface area (Å²) in [5.74, 6) is -1.47. The van der Waals surface area contributed by atoms with Crippen LogP contribution in [0.5, 0.6) is 0 Å². The molecule has 1 rings (SSSR count). The summed E-state index contributed by atoms with van der Waals surface area (Å²) in [5.41, 5.74) is 4.59. The average molecular weight is 270 g/mol. The lowest BCUT2D eigenvalue weighted by Crippen LogP contribution is -2.55. The number of hydrogen-bond donors (Lipinski definition) is 3. The number of hydrogen-bond acceptors (Lipinski definition) is 3. The Labute approximate surface area is 114 Å². The van der Waals surface area contributed by atoms with Gasteiger partial charge in [-0.25, -0.2) is 4.79 Å². The number of amides is 1. The molecule has 1 amide bonds.